The lowest BCUT2D eigenvalue weighted by atomic mass is 9.81. The van der Waals surface area contributed by atoms with Crippen LogP contribution < -0.4 is 5.32 Å². The van der Waals surface area contributed by atoms with Crippen LogP contribution in [0.25, 0.3) is 0 Å². The zero-order chi connectivity index (χ0) is 8.55. The summed E-state index contributed by atoms with van der Waals surface area (Å²) in [6.45, 7) is 4.75. The molecule has 2 rings (SSSR count). The highest BCUT2D eigenvalue weighted by atomic mass is 15.0. The first-order chi connectivity index (χ1) is 5.79. The van der Waals surface area contributed by atoms with Crippen LogP contribution in [-0.4, -0.2) is 12.1 Å². The van der Waals surface area contributed by atoms with Gasteiger partial charge in [-0.2, -0.15) is 0 Å². The van der Waals surface area contributed by atoms with Crippen LogP contribution in [0.15, 0.2) is 0 Å². The van der Waals surface area contributed by atoms with Crippen LogP contribution in [0.3, 0.4) is 0 Å². The zero-order valence-corrected chi connectivity index (χ0v) is 8.34. The average molecular weight is 167 g/mol. The Kier molecular flexibility index (Phi) is 2.40. The highest BCUT2D eigenvalue weighted by molar-refractivity contribution is 4.92. The van der Waals surface area contributed by atoms with Crippen molar-refractivity contribution in [1.82, 2.24) is 5.32 Å². The molecule has 1 nitrogen and oxygen atoms in total. The van der Waals surface area contributed by atoms with Crippen LogP contribution in [0.5, 0.6) is 0 Å². The summed E-state index contributed by atoms with van der Waals surface area (Å²) < 4.78 is 0. The Hall–Kier alpha value is -0.0400. The standard InChI is InChI=1S/C11H21N/c1-3-8(2)9-6-10-4-5-11(7-9)12-10/h8-12H,3-7H2,1-2H3/t8?,9?,10-,11+. The maximum atomic E-state index is 3.70. The van der Waals surface area contributed by atoms with Gasteiger partial charge in [0.2, 0.25) is 0 Å². The fourth-order valence-corrected chi connectivity index (χ4v) is 2.90. The Bertz CT molecular complexity index is 143. The van der Waals surface area contributed by atoms with Crippen molar-refractivity contribution in [3.8, 4) is 0 Å². The minimum Gasteiger partial charge on any atom is -0.311 e. The van der Waals surface area contributed by atoms with E-state index in [4.69, 9.17) is 0 Å². The van der Waals surface area contributed by atoms with Crippen molar-refractivity contribution < 1.29 is 0 Å². The van der Waals surface area contributed by atoms with Crippen molar-refractivity contribution in [3.63, 3.8) is 0 Å². The van der Waals surface area contributed by atoms with Gasteiger partial charge in [-0.25, -0.2) is 0 Å². The zero-order valence-electron chi connectivity index (χ0n) is 8.34. The second-order valence-corrected chi connectivity index (χ2v) is 4.75. The van der Waals surface area contributed by atoms with E-state index >= 15 is 0 Å². The maximum absolute atomic E-state index is 3.70. The maximum Gasteiger partial charge on any atom is 0.00729 e. The van der Waals surface area contributed by atoms with E-state index in [0.29, 0.717) is 0 Å². The van der Waals surface area contributed by atoms with Crippen molar-refractivity contribution in [2.45, 2.75) is 58.0 Å². The predicted molar refractivity (Wildman–Crippen MR) is 52.1 cm³/mol. The van der Waals surface area contributed by atoms with Gasteiger partial charge in [-0.3, -0.25) is 0 Å². The predicted octanol–water partition coefficient (Wildman–Crippen LogP) is 2.56. The SMILES string of the molecule is CCC(C)C1C[C@H]2CC[C@@H](C1)N2. The van der Waals surface area contributed by atoms with Gasteiger partial charge in [0.1, 0.15) is 0 Å². The molecular weight excluding hydrogens is 146 g/mol. The van der Waals surface area contributed by atoms with Gasteiger partial charge in [-0.05, 0) is 37.5 Å². The fraction of sp³-hybridized carbons (Fsp3) is 1.00. The molecule has 2 fully saturated rings. The molecule has 1 heteroatoms. The molecule has 70 valence electrons. The monoisotopic (exact) mass is 167 g/mol. The number of nitrogens with one attached hydrogen (secondary N) is 1. The number of rotatable bonds is 2. The molecule has 0 spiro atoms. The van der Waals surface area contributed by atoms with Gasteiger partial charge in [-0.15, -0.1) is 0 Å². The van der Waals surface area contributed by atoms with Crippen molar-refractivity contribution in [3.05, 3.63) is 0 Å². The third kappa shape index (κ3) is 1.52. The first kappa shape index (κ1) is 8.55. The fourth-order valence-electron chi connectivity index (χ4n) is 2.90. The van der Waals surface area contributed by atoms with E-state index < -0.39 is 0 Å². The van der Waals surface area contributed by atoms with Gasteiger partial charge < -0.3 is 5.32 Å². The highest BCUT2D eigenvalue weighted by Crippen LogP contribution is 2.35. The number of hydrogen-bond donors (Lipinski definition) is 1. The molecule has 0 radical (unpaired) electrons. The number of fused-ring (bicyclic) bond motifs is 2. The molecule has 2 saturated heterocycles. The van der Waals surface area contributed by atoms with Gasteiger partial charge >= 0.3 is 0 Å². The molecule has 2 aliphatic rings. The van der Waals surface area contributed by atoms with Crippen LogP contribution >= 0.6 is 0 Å². The molecule has 12 heavy (non-hydrogen) atoms. The molecule has 2 bridgehead atoms. The van der Waals surface area contributed by atoms with Crippen LogP contribution in [0.2, 0.25) is 0 Å². The molecule has 0 aromatic carbocycles. The summed E-state index contributed by atoms with van der Waals surface area (Å²) in [4.78, 5) is 0. The Labute approximate surface area is 75.9 Å². The number of hydrogen-bond acceptors (Lipinski definition) is 1. The summed E-state index contributed by atoms with van der Waals surface area (Å²) in [6.07, 6.45) is 7.15. The normalized spacial score (nSPS) is 43.0. The average Bonchev–Trinajstić information content (AvgIpc) is 2.44. The smallest absolute Gasteiger partial charge is 0.00729 e. The van der Waals surface area contributed by atoms with Crippen LogP contribution in [-0.2, 0) is 0 Å². The Morgan fingerprint density at radius 2 is 1.83 bits per heavy atom. The van der Waals surface area contributed by atoms with Crippen molar-refractivity contribution in [1.29, 1.82) is 0 Å². The summed E-state index contributed by atoms with van der Waals surface area (Å²) >= 11 is 0. The van der Waals surface area contributed by atoms with E-state index in [1.807, 2.05) is 0 Å². The molecule has 1 N–H and O–H groups in total. The molecule has 0 aromatic heterocycles. The molecular formula is C11H21N. The van der Waals surface area contributed by atoms with Gasteiger partial charge in [-0.1, -0.05) is 20.3 Å². The van der Waals surface area contributed by atoms with E-state index in [1.54, 1.807) is 0 Å². The van der Waals surface area contributed by atoms with Crippen molar-refractivity contribution in [2.24, 2.45) is 11.8 Å². The quantitative estimate of drug-likeness (QED) is 0.666. The Morgan fingerprint density at radius 1 is 1.25 bits per heavy atom. The molecule has 0 aromatic rings. The van der Waals surface area contributed by atoms with Crippen molar-refractivity contribution in [2.75, 3.05) is 0 Å². The molecule has 4 atom stereocenters. The molecule has 2 unspecified atom stereocenters. The van der Waals surface area contributed by atoms with Crippen LogP contribution in [0.4, 0.5) is 0 Å². The Balaban J connectivity index is 1.93. The van der Waals surface area contributed by atoms with Gasteiger partial charge in [0.05, 0.1) is 0 Å². The summed E-state index contributed by atoms with van der Waals surface area (Å²) in [5.74, 6) is 1.98. The molecule has 2 aliphatic heterocycles. The number of piperidine rings is 1. The molecule has 0 saturated carbocycles. The highest BCUT2D eigenvalue weighted by Gasteiger charge is 2.34. The topological polar surface area (TPSA) is 12.0 Å². The summed E-state index contributed by atoms with van der Waals surface area (Å²) in [6, 6.07) is 1.76. The second-order valence-electron chi connectivity index (χ2n) is 4.75. The lowest BCUT2D eigenvalue weighted by Crippen LogP contribution is -2.39. The molecule has 0 amide bonds. The summed E-state index contributed by atoms with van der Waals surface area (Å²) in [5, 5.41) is 3.70. The molecule has 0 aliphatic carbocycles. The first-order valence-electron chi connectivity index (χ1n) is 5.55. The van der Waals surface area contributed by atoms with Crippen LogP contribution in [0.1, 0.15) is 46.0 Å². The van der Waals surface area contributed by atoms with E-state index in [2.05, 4.69) is 19.2 Å². The third-order valence-electron chi connectivity index (χ3n) is 3.96. The summed E-state index contributed by atoms with van der Waals surface area (Å²) in [5.41, 5.74) is 0. The minimum atomic E-state index is 0.878. The van der Waals surface area contributed by atoms with E-state index in [9.17, 15) is 0 Å². The van der Waals surface area contributed by atoms with E-state index in [0.717, 1.165) is 23.9 Å². The Morgan fingerprint density at radius 3 is 2.33 bits per heavy atom. The lowest BCUT2D eigenvalue weighted by Gasteiger charge is -2.32. The first-order valence-corrected chi connectivity index (χ1v) is 5.55. The van der Waals surface area contributed by atoms with Gasteiger partial charge in [0.25, 0.3) is 0 Å². The van der Waals surface area contributed by atoms with E-state index in [1.165, 1.54) is 32.1 Å². The molecule has 2 heterocycles. The van der Waals surface area contributed by atoms with Crippen LogP contribution in [0, 0.1) is 11.8 Å². The summed E-state index contributed by atoms with van der Waals surface area (Å²) in [7, 11) is 0. The lowest BCUT2D eigenvalue weighted by molar-refractivity contribution is 0.224. The van der Waals surface area contributed by atoms with Gasteiger partial charge in [0.15, 0.2) is 0 Å². The minimum absolute atomic E-state index is 0.878. The largest absolute Gasteiger partial charge is 0.311 e. The van der Waals surface area contributed by atoms with Gasteiger partial charge in [0, 0.05) is 12.1 Å². The van der Waals surface area contributed by atoms with Crippen molar-refractivity contribution >= 4 is 0 Å². The van der Waals surface area contributed by atoms with E-state index in [-0.39, 0.29) is 0 Å². The second kappa shape index (κ2) is 3.37. The third-order valence-corrected chi connectivity index (χ3v) is 3.96.